The van der Waals surface area contributed by atoms with Gasteiger partial charge in [-0.15, -0.1) is 0 Å². The summed E-state index contributed by atoms with van der Waals surface area (Å²) in [5, 5.41) is 3.52. The lowest BCUT2D eigenvalue weighted by molar-refractivity contribution is -0.0720. The summed E-state index contributed by atoms with van der Waals surface area (Å²) in [5.74, 6) is 0.632. The fourth-order valence-electron chi connectivity index (χ4n) is 3.03. The standard InChI is InChI=1S/C13H26N2O2/c1-4-14-13-9-16-8-12(13)7-15-5-10(2)17-11(3)6-15/h10-14H,4-9H2,1-3H3. The van der Waals surface area contributed by atoms with Gasteiger partial charge in [-0.05, 0) is 20.4 Å². The minimum absolute atomic E-state index is 0.360. The van der Waals surface area contributed by atoms with Crippen molar-refractivity contribution in [2.24, 2.45) is 5.92 Å². The molecule has 4 heteroatoms. The Labute approximate surface area is 105 Å². The minimum atomic E-state index is 0.360. The van der Waals surface area contributed by atoms with Crippen molar-refractivity contribution in [2.75, 3.05) is 39.4 Å². The summed E-state index contributed by atoms with van der Waals surface area (Å²) in [6.07, 6.45) is 0.720. The summed E-state index contributed by atoms with van der Waals surface area (Å²) in [5.41, 5.74) is 0. The van der Waals surface area contributed by atoms with E-state index in [0.29, 0.717) is 24.2 Å². The van der Waals surface area contributed by atoms with Crippen LogP contribution in [0.4, 0.5) is 0 Å². The average molecular weight is 242 g/mol. The van der Waals surface area contributed by atoms with Crippen molar-refractivity contribution >= 4 is 0 Å². The lowest BCUT2D eigenvalue weighted by Crippen LogP contribution is -2.49. The van der Waals surface area contributed by atoms with Crippen LogP contribution in [0.15, 0.2) is 0 Å². The molecule has 4 atom stereocenters. The van der Waals surface area contributed by atoms with E-state index in [-0.39, 0.29) is 0 Å². The Morgan fingerprint density at radius 1 is 1.18 bits per heavy atom. The van der Waals surface area contributed by atoms with E-state index in [1.54, 1.807) is 0 Å². The number of hydrogen-bond acceptors (Lipinski definition) is 4. The quantitative estimate of drug-likeness (QED) is 0.787. The van der Waals surface area contributed by atoms with Gasteiger partial charge in [0, 0.05) is 31.6 Å². The molecule has 100 valence electrons. The van der Waals surface area contributed by atoms with Crippen molar-refractivity contribution < 1.29 is 9.47 Å². The van der Waals surface area contributed by atoms with Crippen LogP contribution in [0.2, 0.25) is 0 Å². The van der Waals surface area contributed by atoms with E-state index in [1.165, 1.54) is 0 Å². The van der Waals surface area contributed by atoms with Gasteiger partial charge in [0.1, 0.15) is 0 Å². The SMILES string of the molecule is CCNC1COCC1CN1CC(C)OC(C)C1. The molecule has 0 bridgehead atoms. The monoisotopic (exact) mass is 242 g/mol. The van der Waals surface area contributed by atoms with Gasteiger partial charge < -0.3 is 14.8 Å². The van der Waals surface area contributed by atoms with E-state index >= 15 is 0 Å². The molecule has 0 amide bonds. The molecule has 2 aliphatic heterocycles. The Morgan fingerprint density at radius 3 is 2.53 bits per heavy atom. The molecule has 0 spiro atoms. The van der Waals surface area contributed by atoms with Crippen molar-refractivity contribution in [1.29, 1.82) is 0 Å². The number of nitrogens with one attached hydrogen (secondary N) is 1. The minimum Gasteiger partial charge on any atom is -0.379 e. The van der Waals surface area contributed by atoms with Crippen molar-refractivity contribution in [3.05, 3.63) is 0 Å². The number of ether oxygens (including phenoxy) is 2. The van der Waals surface area contributed by atoms with Crippen LogP contribution >= 0.6 is 0 Å². The van der Waals surface area contributed by atoms with Crippen LogP contribution in [-0.2, 0) is 9.47 Å². The smallest absolute Gasteiger partial charge is 0.0678 e. The summed E-state index contributed by atoms with van der Waals surface area (Å²) in [7, 11) is 0. The molecule has 4 nitrogen and oxygen atoms in total. The Bertz CT molecular complexity index is 227. The van der Waals surface area contributed by atoms with Gasteiger partial charge in [0.25, 0.3) is 0 Å². The van der Waals surface area contributed by atoms with E-state index in [1.807, 2.05) is 0 Å². The molecule has 0 aromatic rings. The molecule has 1 N–H and O–H groups in total. The van der Waals surface area contributed by atoms with Crippen LogP contribution in [-0.4, -0.2) is 62.5 Å². The molecule has 0 aromatic carbocycles. The van der Waals surface area contributed by atoms with E-state index < -0.39 is 0 Å². The Hall–Kier alpha value is -0.160. The van der Waals surface area contributed by atoms with Gasteiger partial charge in [-0.3, -0.25) is 4.90 Å². The fourth-order valence-corrected chi connectivity index (χ4v) is 3.03. The lowest BCUT2D eigenvalue weighted by Gasteiger charge is -2.37. The highest BCUT2D eigenvalue weighted by Crippen LogP contribution is 2.18. The molecule has 2 heterocycles. The van der Waals surface area contributed by atoms with Crippen molar-refractivity contribution in [3.8, 4) is 0 Å². The average Bonchev–Trinajstić information content (AvgIpc) is 2.65. The zero-order valence-corrected chi connectivity index (χ0v) is 11.3. The zero-order valence-electron chi connectivity index (χ0n) is 11.3. The van der Waals surface area contributed by atoms with Gasteiger partial charge >= 0.3 is 0 Å². The molecule has 2 saturated heterocycles. The third-order valence-electron chi connectivity index (χ3n) is 3.65. The van der Waals surface area contributed by atoms with Gasteiger partial charge in [0.05, 0.1) is 25.4 Å². The number of morpholine rings is 1. The zero-order chi connectivity index (χ0) is 12.3. The molecular formula is C13H26N2O2. The molecule has 0 aliphatic carbocycles. The van der Waals surface area contributed by atoms with Crippen LogP contribution in [0, 0.1) is 5.92 Å². The third kappa shape index (κ3) is 3.65. The van der Waals surface area contributed by atoms with E-state index in [2.05, 4.69) is 31.0 Å². The third-order valence-corrected chi connectivity index (χ3v) is 3.65. The van der Waals surface area contributed by atoms with E-state index in [0.717, 1.165) is 39.4 Å². The predicted molar refractivity (Wildman–Crippen MR) is 68.2 cm³/mol. The lowest BCUT2D eigenvalue weighted by atomic mass is 10.0. The molecule has 0 aromatic heterocycles. The molecule has 2 aliphatic rings. The van der Waals surface area contributed by atoms with E-state index in [9.17, 15) is 0 Å². The Kier molecular flexibility index (Phi) is 4.79. The topological polar surface area (TPSA) is 33.7 Å². The molecule has 2 fully saturated rings. The van der Waals surface area contributed by atoms with E-state index in [4.69, 9.17) is 9.47 Å². The van der Waals surface area contributed by atoms with Crippen LogP contribution in [0.3, 0.4) is 0 Å². The Morgan fingerprint density at radius 2 is 1.88 bits per heavy atom. The first kappa shape index (κ1) is 13.3. The highest BCUT2D eigenvalue weighted by atomic mass is 16.5. The molecule has 4 unspecified atom stereocenters. The fraction of sp³-hybridized carbons (Fsp3) is 1.00. The second-order valence-corrected chi connectivity index (χ2v) is 5.44. The highest BCUT2D eigenvalue weighted by Gasteiger charge is 2.31. The first-order valence-corrected chi connectivity index (χ1v) is 6.88. The maximum absolute atomic E-state index is 5.77. The molecule has 0 saturated carbocycles. The summed E-state index contributed by atoms with van der Waals surface area (Å²) >= 11 is 0. The first-order chi connectivity index (χ1) is 8.19. The van der Waals surface area contributed by atoms with Gasteiger partial charge in [0.15, 0.2) is 0 Å². The van der Waals surface area contributed by atoms with Crippen molar-refractivity contribution in [2.45, 2.75) is 39.0 Å². The van der Waals surface area contributed by atoms with Crippen molar-refractivity contribution in [1.82, 2.24) is 10.2 Å². The second kappa shape index (κ2) is 6.14. The molecule has 0 radical (unpaired) electrons. The van der Waals surface area contributed by atoms with Crippen LogP contribution in [0.5, 0.6) is 0 Å². The molecule has 2 rings (SSSR count). The summed E-state index contributed by atoms with van der Waals surface area (Å²) in [6, 6.07) is 0.536. The number of hydrogen-bond donors (Lipinski definition) is 1. The highest BCUT2D eigenvalue weighted by molar-refractivity contribution is 4.85. The second-order valence-electron chi connectivity index (χ2n) is 5.44. The van der Waals surface area contributed by atoms with Gasteiger partial charge in [-0.2, -0.15) is 0 Å². The number of likely N-dealkylation sites (N-methyl/N-ethyl adjacent to an activating group) is 1. The maximum atomic E-state index is 5.77. The Balaban J connectivity index is 1.82. The number of nitrogens with zero attached hydrogens (tertiary/aromatic N) is 1. The normalized spacial score (nSPS) is 39.7. The van der Waals surface area contributed by atoms with Gasteiger partial charge in [-0.1, -0.05) is 6.92 Å². The summed E-state index contributed by atoms with van der Waals surface area (Å²) in [6.45, 7) is 12.5. The van der Waals surface area contributed by atoms with Gasteiger partial charge in [0.2, 0.25) is 0 Å². The molecular weight excluding hydrogens is 216 g/mol. The number of rotatable bonds is 4. The largest absolute Gasteiger partial charge is 0.379 e. The van der Waals surface area contributed by atoms with Gasteiger partial charge in [-0.25, -0.2) is 0 Å². The maximum Gasteiger partial charge on any atom is 0.0678 e. The summed E-state index contributed by atoms with van der Waals surface area (Å²) in [4.78, 5) is 2.53. The molecule has 17 heavy (non-hydrogen) atoms. The van der Waals surface area contributed by atoms with Crippen LogP contribution in [0.1, 0.15) is 20.8 Å². The van der Waals surface area contributed by atoms with Crippen LogP contribution in [0.25, 0.3) is 0 Å². The summed E-state index contributed by atoms with van der Waals surface area (Å²) < 4.78 is 11.4. The first-order valence-electron chi connectivity index (χ1n) is 6.88. The van der Waals surface area contributed by atoms with Crippen molar-refractivity contribution in [3.63, 3.8) is 0 Å². The van der Waals surface area contributed by atoms with Crippen LogP contribution < -0.4 is 5.32 Å². The predicted octanol–water partition coefficient (Wildman–Crippen LogP) is 0.720.